The molecule has 0 bridgehead atoms. The van der Waals surface area contributed by atoms with Gasteiger partial charge in [-0.1, -0.05) is 60.7 Å². The van der Waals surface area contributed by atoms with Crippen molar-refractivity contribution >= 4 is 11.9 Å². The molecule has 1 aliphatic heterocycles. The second-order valence-electron chi connectivity index (χ2n) is 5.80. The van der Waals surface area contributed by atoms with E-state index in [4.69, 9.17) is 0 Å². The third-order valence-electron chi connectivity index (χ3n) is 3.93. The van der Waals surface area contributed by atoms with Crippen LogP contribution in [0.25, 0.3) is 0 Å². The number of nitrogens with one attached hydrogen (secondary N) is 1. The van der Waals surface area contributed by atoms with Crippen LogP contribution in [0.4, 0.5) is 4.79 Å². The van der Waals surface area contributed by atoms with Crippen molar-refractivity contribution in [2.75, 3.05) is 0 Å². The molecule has 1 saturated heterocycles. The first-order valence-electron chi connectivity index (χ1n) is 7.30. The second kappa shape index (κ2) is 5.64. The van der Waals surface area contributed by atoms with Crippen molar-refractivity contribution in [2.24, 2.45) is 0 Å². The van der Waals surface area contributed by atoms with Gasteiger partial charge in [0.2, 0.25) is 0 Å². The van der Waals surface area contributed by atoms with E-state index in [2.05, 4.69) is 5.32 Å². The maximum atomic E-state index is 12.7. The zero-order valence-electron chi connectivity index (χ0n) is 12.5. The Bertz CT molecular complexity index is 685. The summed E-state index contributed by atoms with van der Waals surface area (Å²) in [6.07, 6.45) is 0.490. The zero-order chi connectivity index (χ0) is 15.6. The van der Waals surface area contributed by atoms with Crippen LogP contribution in [0.15, 0.2) is 60.7 Å². The lowest BCUT2D eigenvalue weighted by Gasteiger charge is -2.21. The highest BCUT2D eigenvalue weighted by atomic mass is 16.2. The minimum atomic E-state index is -0.882. The first kappa shape index (κ1) is 14.3. The van der Waals surface area contributed by atoms with Gasteiger partial charge in [-0.05, 0) is 18.1 Å². The molecule has 0 aromatic heterocycles. The Balaban J connectivity index is 1.78. The minimum absolute atomic E-state index is 0.176. The Kier molecular flexibility index (Phi) is 3.67. The quantitative estimate of drug-likeness (QED) is 0.881. The molecule has 3 rings (SSSR count). The van der Waals surface area contributed by atoms with E-state index < -0.39 is 5.54 Å². The van der Waals surface area contributed by atoms with Gasteiger partial charge in [0.05, 0.1) is 6.54 Å². The molecule has 112 valence electrons. The van der Waals surface area contributed by atoms with Crippen molar-refractivity contribution in [1.29, 1.82) is 0 Å². The Morgan fingerprint density at radius 1 is 0.909 bits per heavy atom. The first-order chi connectivity index (χ1) is 10.6. The van der Waals surface area contributed by atoms with Gasteiger partial charge in [0.1, 0.15) is 5.54 Å². The molecular formula is C18H18N2O2. The number of imide groups is 1. The molecule has 0 saturated carbocycles. The van der Waals surface area contributed by atoms with E-state index in [1.807, 2.05) is 60.7 Å². The fourth-order valence-electron chi connectivity index (χ4n) is 2.78. The molecule has 4 nitrogen and oxygen atoms in total. The lowest BCUT2D eigenvalue weighted by atomic mass is 9.93. The van der Waals surface area contributed by atoms with Crippen LogP contribution >= 0.6 is 0 Å². The summed E-state index contributed by atoms with van der Waals surface area (Å²) in [5.74, 6) is -0.176. The van der Waals surface area contributed by atoms with E-state index in [0.717, 1.165) is 11.1 Å². The van der Waals surface area contributed by atoms with Crippen LogP contribution in [0.5, 0.6) is 0 Å². The number of benzene rings is 2. The molecule has 2 aromatic carbocycles. The first-order valence-corrected chi connectivity index (χ1v) is 7.30. The van der Waals surface area contributed by atoms with E-state index in [1.165, 1.54) is 4.90 Å². The lowest BCUT2D eigenvalue weighted by Crippen LogP contribution is -2.45. The van der Waals surface area contributed by atoms with Gasteiger partial charge in [-0.2, -0.15) is 0 Å². The van der Waals surface area contributed by atoms with Crippen LogP contribution in [-0.4, -0.2) is 22.4 Å². The van der Waals surface area contributed by atoms with Gasteiger partial charge >= 0.3 is 6.03 Å². The third-order valence-corrected chi connectivity index (χ3v) is 3.93. The molecular weight excluding hydrogens is 276 g/mol. The van der Waals surface area contributed by atoms with E-state index in [-0.39, 0.29) is 11.9 Å². The highest BCUT2D eigenvalue weighted by molar-refractivity contribution is 6.06. The number of hydrogen-bond donors (Lipinski definition) is 1. The fourth-order valence-corrected chi connectivity index (χ4v) is 2.78. The molecule has 1 atom stereocenters. The topological polar surface area (TPSA) is 49.4 Å². The number of rotatable bonds is 4. The smallest absolute Gasteiger partial charge is 0.323 e. The number of nitrogens with zero attached hydrogens (tertiary/aromatic N) is 1. The molecule has 0 spiro atoms. The van der Waals surface area contributed by atoms with Crippen molar-refractivity contribution < 1.29 is 9.59 Å². The monoisotopic (exact) mass is 294 g/mol. The number of amides is 3. The predicted octanol–water partition coefficient (Wildman–Crippen LogP) is 2.74. The summed E-state index contributed by atoms with van der Waals surface area (Å²) in [5.41, 5.74) is 1.09. The summed E-state index contributed by atoms with van der Waals surface area (Å²) in [5, 5.41) is 2.84. The number of hydrogen-bond acceptors (Lipinski definition) is 2. The maximum absolute atomic E-state index is 12.7. The van der Waals surface area contributed by atoms with Crippen LogP contribution < -0.4 is 5.32 Å². The predicted molar refractivity (Wildman–Crippen MR) is 84.1 cm³/mol. The van der Waals surface area contributed by atoms with Crippen LogP contribution in [0.3, 0.4) is 0 Å². The summed E-state index contributed by atoms with van der Waals surface area (Å²) in [4.78, 5) is 26.2. The normalized spacial score (nSPS) is 21.0. The number of urea groups is 1. The summed E-state index contributed by atoms with van der Waals surface area (Å²) in [6, 6.07) is 18.9. The van der Waals surface area contributed by atoms with Crippen molar-refractivity contribution in [3.63, 3.8) is 0 Å². The van der Waals surface area contributed by atoms with Gasteiger partial charge < -0.3 is 5.32 Å². The van der Waals surface area contributed by atoms with Crippen LogP contribution in [0.1, 0.15) is 18.1 Å². The summed E-state index contributed by atoms with van der Waals surface area (Å²) in [7, 11) is 0. The summed E-state index contributed by atoms with van der Waals surface area (Å²) >= 11 is 0. The largest absolute Gasteiger partial charge is 0.325 e. The molecule has 1 N–H and O–H groups in total. The van der Waals surface area contributed by atoms with Crippen molar-refractivity contribution in [2.45, 2.75) is 25.4 Å². The van der Waals surface area contributed by atoms with Gasteiger partial charge in [-0.3, -0.25) is 9.69 Å². The highest BCUT2D eigenvalue weighted by Crippen LogP contribution is 2.23. The zero-order valence-corrected chi connectivity index (χ0v) is 12.5. The van der Waals surface area contributed by atoms with Crippen molar-refractivity contribution in [3.8, 4) is 0 Å². The van der Waals surface area contributed by atoms with E-state index in [1.54, 1.807) is 6.92 Å². The van der Waals surface area contributed by atoms with Crippen LogP contribution in [-0.2, 0) is 17.8 Å². The Morgan fingerprint density at radius 2 is 1.45 bits per heavy atom. The van der Waals surface area contributed by atoms with Crippen molar-refractivity contribution in [3.05, 3.63) is 71.8 Å². The Labute approximate surface area is 129 Å². The Hall–Kier alpha value is -2.62. The number of carbonyl (C=O) groups excluding carboxylic acids is 2. The molecule has 22 heavy (non-hydrogen) atoms. The Morgan fingerprint density at radius 3 is 2.05 bits per heavy atom. The highest BCUT2D eigenvalue weighted by Gasteiger charge is 2.47. The molecule has 1 heterocycles. The van der Waals surface area contributed by atoms with Crippen molar-refractivity contribution in [1.82, 2.24) is 10.2 Å². The molecule has 1 unspecified atom stereocenters. The van der Waals surface area contributed by atoms with Crippen LogP contribution in [0, 0.1) is 0 Å². The average Bonchev–Trinajstić information content (AvgIpc) is 2.73. The molecule has 0 aliphatic carbocycles. The van der Waals surface area contributed by atoms with E-state index in [0.29, 0.717) is 13.0 Å². The third kappa shape index (κ3) is 2.72. The van der Waals surface area contributed by atoms with Gasteiger partial charge in [0, 0.05) is 6.42 Å². The average molecular weight is 294 g/mol. The molecule has 4 heteroatoms. The van der Waals surface area contributed by atoms with Gasteiger partial charge in [-0.15, -0.1) is 0 Å². The molecule has 1 aliphatic rings. The summed E-state index contributed by atoms with van der Waals surface area (Å²) < 4.78 is 0. The van der Waals surface area contributed by atoms with Gasteiger partial charge in [0.25, 0.3) is 5.91 Å². The second-order valence-corrected chi connectivity index (χ2v) is 5.80. The SMILES string of the molecule is CC1(Cc2ccccc2)NC(=O)N(Cc2ccccc2)C1=O. The molecule has 0 radical (unpaired) electrons. The maximum Gasteiger partial charge on any atom is 0.325 e. The van der Waals surface area contributed by atoms with E-state index >= 15 is 0 Å². The standard InChI is InChI=1S/C18H18N2O2/c1-18(12-14-8-4-2-5-9-14)16(21)20(17(22)19-18)13-15-10-6-3-7-11-15/h2-11H,12-13H2,1H3,(H,19,22). The minimum Gasteiger partial charge on any atom is -0.323 e. The van der Waals surface area contributed by atoms with Crippen LogP contribution in [0.2, 0.25) is 0 Å². The lowest BCUT2D eigenvalue weighted by molar-refractivity contribution is -0.131. The van der Waals surface area contributed by atoms with Gasteiger partial charge in [-0.25, -0.2) is 4.79 Å². The molecule has 3 amide bonds. The molecule has 2 aromatic rings. The van der Waals surface area contributed by atoms with E-state index in [9.17, 15) is 9.59 Å². The molecule has 1 fully saturated rings. The fraction of sp³-hybridized carbons (Fsp3) is 0.222. The van der Waals surface area contributed by atoms with Gasteiger partial charge in [0.15, 0.2) is 0 Å². The summed E-state index contributed by atoms with van der Waals surface area (Å²) in [6.45, 7) is 2.08. The number of carbonyl (C=O) groups is 2.